The summed E-state index contributed by atoms with van der Waals surface area (Å²) in [4.78, 5) is 37.8. The van der Waals surface area contributed by atoms with Gasteiger partial charge in [-0.25, -0.2) is 4.79 Å². The summed E-state index contributed by atoms with van der Waals surface area (Å²) < 4.78 is 0.926. The highest BCUT2D eigenvalue weighted by Crippen LogP contribution is 2.24. The largest absolute Gasteiger partial charge is 0.350 e. The van der Waals surface area contributed by atoms with Gasteiger partial charge in [-0.1, -0.05) is 28.1 Å². The van der Waals surface area contributed by atoms with Crippen molar-refractivity contribution < 1.29 is 14.4 Å². The van der Waals surface area contributed by atoms with Gasteiger partial charge < -0.3 is 16.0 Å². The lowest BCUT2D eigenvalue weighted by atomic mass is 9.90. The first kappa shape index (κ1) is 16.9. The van der Waals surface area contributed by atoms with Crippen LogP contribution in [0.1, 0.15) is 18.4 Å². The minimum atomic E-state index is -0.889. The van der Waals surface area contributed by atoms with Crippen molar-refractivity contribution in [3.05, 3.63) is 34.3 Å². The van der Waals surface area contributed by atoms with Gasteiger partial charge in [-0.3, -0.25) is 14.5 Å². The zero-order valence-electron chi connectivity index (χ0n) is 13.1. The number of amides is 4. The van der Waals surface area contributed by atoms with Crippen LogP contribution in [0.3, 0.4) is 0 Å². The predicted octanol–water partition coefficient (Wildman–Crippen LogP) is 0.739. The third-order valence-electron chi connectivity index (χ3n) is 4.31. The van der Waals surface area contributed by atoms with E-state index in [1.807, 2.05) is 24.3 Å². The number of rotatable bonds is 4. The lowest BCUT2D eigenvalue weighted by molar-refractivity contribution is -0.135. The number of carbonyl (C=O) groups is 3. The maximum Gasteiger partial charge on any atom is 0.325 e. The number of carbonyl (C=O) groups excluding carboxylic acids is 3. The molecule has 24 heavy (non-hydrogen) atoms. The van der Waals surface area contributed by atoms with Gasteiger partial charge in [0.1, 0.15) is 12.1 Å². The first-order valence-electron chi connectivity index (χ1n) is 7.86. The molecule has 0 radical (unpaired) electrons. The molecule has 2 aliphatic heterocycles. The molecule has 1 atom stereocenters. The van der Waals surface area contributed by atoms with E-state index in [1.165, 1.54) is 0 Å². The zero-order valence-corrected chi connectivity index (χ0v) is 14.7. The summed E-state index contributed by atoms with van der Waals surface area (Å²) in [6.45, 7) is 1.32. The highest BCUT2D eigenvalue weighted by molar-refractivity contribution is 9.10. The fourth-order valence-corrected chi connectivity index (χ4v) is 3.51. The van der Waals surface area contributed by atoms with Crippen molar-refractivity contribution in [1.82, 2.24) is 20.9 Å². The first-order valence-corrected chi connectivity index (χ1v) is 8.65. The fourth-order valence-electron chi connectivity index (χ4n) is 3.06. The number of hydrogen-bond donors (Lipinski definition) is 3. The topological polar surface area (TPSA) is 90.5 Å². The van der Waals surface area contributed by atoms with Crippen molar-refractivity contribution in [1.29, 1.82) is 0 Å². The fraction of sp³-hybridized carbons (Fsp3) is 0.438. The molecule has 0 aliphatic carbocycles. The highest BCUT2D eigenvalue weighted by atomic mass is 79.9. The second kappa shape index (κ2) is 6.90. The van der Waals surface area contributed by atoms with E-state index in [1.54, 1.807) is 0 Å². The molecule has 1 aromatic rings. The molecule has 3 rings (SSSR count). The Morgan fingerprint density at radius 3 is 2.92 bits per heavy atom. The van der Waals surface area contributed by atoms with Gasteiger partial charge in [0.25, 0.3) is 5.91 Å². The van der Waals surface area contributed by atoms with Crippen LogP contribution in [0.4, 0.5) is 4.79 Å². The summed E-state index contributed by atoms with van der Waals surface area (Å²) in [5.41, 5.74) is 0.0442. The van der Waals surface area contributed by atoms with E-state index in [2.05, 4.69) is 31.9 Å². The number of nitrogens with one attached hydrogen (secondary N) is 3. The monoisotopic (exact) mass is 394 g/mol. The molecule has 2 aliphatic rings. The van der Waals surface area contributed by atoms with Crippen LogP contribution in [0.2, 0.25) is 0 Å². The number of urea groups is 1. The van der Waals surface area contributed by atoms with Gasteiger partial charge in [0, 0.05) is 17.6 Å². The molecule has 0 saturated carbocycles. The molecule has 7 nitrogen and oxygen atoms in total. The number of hydrogen-bond acceptors (Lipinski definition) is 4. The maximum absolute atomic E-state index is 12.6. The number of piperidine rings is 1. The Balaban J connectivity index is 1.58. The van der Waals surface area contributed by atoms with Gasteiger partial charge in [-0.05, 0) is 37.1 Å². The summed E-state index contributed by atoms with van der Waals surface area (Å²) in [6.07, 6.45) is 1.41. The van der Waals surface area contributed by atoms with E-state index >= 15 is 0 Å². The van der Waals surface area contributed by atoms with Gasteiger partial charge in [-0.15, -0.1) is 0 Å². The molecule has 3 N–H and O–H groups in total. The summed E-state index contributed by atoms with van der Waals surface area (Å²) in [5, 5.41) is 8.61. The second-order valence-electron chi connectivity index (χ2n) is 6.09. The first-order chi connectivity index (χ1) is 11.5. The van der Waals surface area contributed by atoms with E-state index < -0.39 is 11.6 Å². The average molecular weight is 395 g/mol. The van der Waals surface area contributed by atoms with Gasteiger partial charge in [0.05, 0.1) is 0 Å². The SMILES string of the molecule is O=C(CN1C(=O)NC2(CCCNC2)C1=O)NCc1cccc(Br)c1. The summed E-state index contributed by atoms with van der Waals surface area (Å²) in [7, 11) is 0. The minimum Gasteiger partial charge on any atom is -0.350 e. The summed E-state index contributed by atoms with van der Waals surface area (Å²) in [5.74, 6) is -0.684. The summed E-state index contributed by atoms with van der Waals surface area (Å²) >= 11 is 3.37. The molecule has 0 bridgehead atoms. The van der Waals surface area contributed by atoms with E-state index in [-0.39, 0.29) is 18.4 Å². The molecule has 4 amide bonds. The van der Waals surface area contributed by atoms with Gasteiger partial charge in [-0.2, -0.15) is 0 Å². The molecule has 2 heterocycles. The van der Waals surface area contributed by atoms with Crippen LogP contribution in [-0.4, -0.2) is 47.9 Å². The van der Waals surface area contributed by atoms with Gasteiger partial charge in [0.15, 0.2) is 0 Å². The van der Waals surface area contributed by atoms with Crippen LogP contribution in [0, 0.1) is 0 Å². The number of imide groups is 1. The summed E-state index contributed by atoms with van der Waals surface area (Å²) in [6, 6.07) is 7.07. The van der Waals surface area contributed by atoms with Crippen molar-refractivity contribution in [2.24, 2.45) is 0 Å². The third kappa shape index (κ3) is 3.44. The van der Waals surface area contributed by atoms with Crippen LogP contribution in [-0.2, 0) is 16.1 Å². The highest BCUT2D eigenvalue weighted by Gasteiger charge is 2.51. The number of nitrogens with zero attached hydrogens (tertiary/aromatic N) is 1. The Labute approximate surface area is 148 Å². The molecule has 2 saturated heterocycles. The quantitative estimate of drug-likeness (QED) is 0.656. The molecular weight excluding hydrogens is 376 g/mol. The number of benzene rings is 1. The maximum atomic E-state index is 12.6. The molecular formula is C16H19BrN4O3. The average Bonchev–Trinajstić information content (AvgIpc) is 2.78. The van der Waals surface area contributed by atoms with Crippen molar-refractivity contribution in [3.8, 4) is 0 Å². The Kier molecular flexibility index (Phi) is 4.86. The van der Waals surface area contributed by atoms with Gasteiger partial charge >= 0.3 is 6.03 Å². The third-order valence-corrected chi connectivity index (χ3v) is 4.80. The van der Waals surface area contributed by atoms with Crippen molar-refractivity contribution in [2.75, 3.05) is 19.6 Å². The van der Waals surface area contributed by atoms with Crippen molar-refractivity contribution in [3.63, 3.8) is 0 Å². The van der Waals surface area contributed by atoms with Crippen molar-refractivity contribution >= 4 is 33.8 Å². The molecule has 1 aromatic carbocycles. The Morgan fingerprint density at radius 1 is 1.38 bits per heavy atom. The zero-order chi connectivity index (χ0) is 17.2. The molecule has 0 aromatic heterocycles. The van der Waals surface area contributed by atoms with E-state index in [0.29, 0.717) is 19.5 Å². The Hall–Kier alpha value is -1.93. The molecule has 2 fully saturated rings. The molecule has 1 unspecified atom stereocenters. The smallest absolute Gasteiger partial charge is 0.325 e. The van der Waals surface area contributed by atoms with Crippen molar-refractivity contribution in [2.45, 2.75) is 24.9 Å². The Bertz CT molecular complexity index is 673. The lowest BCUT2D eigenvalue weighted by Crippen LogP contribution is -2.57. The van der Waals surface area contributed by atoms with Crippen LogP contribution in [0.5, 0.6) is 0 Å². The van der Waals surface area contributed by atoms with E-state index in [0.717, 1.165) is 27.9 Å². The number of halogens is 1. The van der Waals surface area contributed by atoms with Crippen LogP contribution < -0.4 is 16.0 Å². The van der Waals surface area contributed by atoms with Crippen LogP contribution in [0.15, 0.2) is 28.7 Å². The molecule has 1 spiro atoms. The normalized spacial score (nSPS) is 23.5. The predicted molar refractivity (Wildman–Crippen MR) is 91.1 cm³/mol. The van der Waals surface area contributed by atoms with Crippen LogP contribution in [0.25, 0.3) is 0 Å². The van der Waals surface area contributed by atoms with E-state index in [4.69, 9.17) is 0 Å². The molecule has 128 valence electrons. The lowest BCUT2D eigenvalue weighted by Gasteiger charge is -2.31. The van der Waals surface area contributed by atoms with Crippen LogP contribution >= 0.6 is 15.9 Å². The van der Waals surface area contributed by atoms with E-state index in [9.17, 15) is 14.4 Å². The molecule has 8 heteroatoms. The standard InChI is InChI=1S/C16H19BrN4O3/c17-12-4-1-3-11(7-12)8-19-13(22)9-21-14(23)16(20-15(21)24)5-2-6-18-10-16/h1,3-4,7,18H,2,5-6,8-10H2,(H,19,22)(H,20,24). The second-order valence-corrected chi connectivity index (χ2v) is 7.01. The van der Waals surface area contributed by atoms with Gasteiger partial charge in [0.2, 0.25) is 5.91 Å². The minimum absolute atomic E-state index is 0.263. The Morgan fingerprint density at radius 2 is 2.21 bits per heavy atom.